The van der Waals surface area contributed by atoms with E-state index in [1.165, 1.54) is 21.8 Å². The molecule has 5 aliphatic heterocycles. The molecular weight excluding hydrogens is 1320 g/mol. The first kappa shape index (κ1) is 71.3. The summed E-state index contributed by atoms with van der Waals surface area (Å²) in [4.78, 5) is 106. The zero-order chi connectivity index (χ0) is 71.6. The summed E-state index contributed by atoms with van der Waals surface area (Å²) in [5.74, 6) is -0.866. The van der Waals surface area contributed by atoms with Crippen LogP contribution in [0.2, 0.25) is 51.4 Å². The van der Waals surface area contributed by atoms with E-state index in [0.717, 1.165) is 56.6 Å². The number of carbonyl (C=O) groups is 7. The van der Waals surface area contributed by atoms with Gasteiger partial charge in [-0.2, -0.15) is 0 Å². The Balaban J connectivity index is 0.689. The van der Waals surface area contributed by atoms with Crippen molar-refractivity contribution in [3.63, 3.8) is 0 Å². The maximum absolute atomic E-state index is 15.0. The minimum Gasteiger partial charge on any atom is -0.493 e. The van der Waals surface area contributed by atoms with Crippen molar-refractivity contribution in [3.8, 4) is 39.9 Å². The number of benzene rings is 6. The second kappa shape index (κ2) is 29.9. The molecule has 21 nitrogen and oxygen atoms in total. The molecular formula is C78H90N6O15Si2. The highest BCUT2D eigenvalue weighted by Gasteiger charge is 2.46. The first-order chi connectivity index (χ1) is 48.3. The normalized spacial score (nSPS) is 17.4. The van der Waals surface area contributed by atoms with Gasteiger partial charge in [-0.25, -0.2) is 4.79 Å². The van der Waals surface area contributed by atoms with Crippen molar-refractivity contribution >= 4 is 85.8 Å². The predicted octanol–water partition coefficient (Wildman–Crippen LogP) is 13.5. The van der Waals surface area contributed by atoms with Crippen LogP contribution in [0.25, 0.3) is 22.3 Å². The van der Waals surface area contributed by atoms with Gasteiger partial charge in [0.15, 0.2) is 28.8 Å². The highest BCUT2D eigenvalue weighted by molar-refractivity contribution is 6.76. The molecule has 23 heteroatoms. The summed E-state index contributed by atoms with van der Waals surface area (Å²) in [6.07, 6.45) is 3.51. The Morgan fingerprint density at radius 1 is 0.604 bits per heavy atom. The molecule has 6 aromatic rings. The van der Waals surface area contributed by atoms with E-state index in [1.807, 2.05) is 87.5 Å². The second-order valence-corrected chi connectivity index (χ2v) is 40.7. The molecule has 0 fully saturated rings. The molecule has 0 bridgehead atoms. The molecule has 6 aromatic carbocycles. The monoisotopic (exact) mass is 1410 g/mol. The molecule has 6 aliphatic rings. The van der Waals surface area contributed by atoms with Crippen LogP contribution in [0.15, 0.2) is 128 Å². The number of hydrogen-bond acceptors (Lipinski definition) is 15. The number of hydrogen-bond donors (Lipinski definition) is 2. The lowest BCUT2D eigenvalue weighted by molar-refractivity contribution is -0.127. The van der Waals surface area contributed by atoms with Gasteiger partial charge < -0.3 is 58.3 Å². The zero-order valence-corrected chi connectivity index (χ0v) is 61.4. The number of amides is 6. The van der Waals surface area contributed by atoms with Crippen molar-refractivity contribution in [2.45, 2.75) is 129 Å². The Bertz CT molecular complexity index is 4230. The van der Waals surface area contributed by atoms with Gasteiger partial charge in [-0.15, -0.1) is 0 Å². The Kier molecular flexibility index (Phi) is 21.1. The van der Waals surface area contributed by atoms with Gasteiger partial charge >= 0.3 is 6.09 Å². The third-order valence-corrected chi connectivity index (χ3v) is 22.8. The quantitative estimate of drug-likeness (QED) is 0.0344. The lowest BCUT2D eigenvalue weighted by Gasteiger charge is -2.27. The number of anilines is 3. The summed E-state index contributed by atoms with van der Waals surface area (Å²) in [6, 6.07) is 34.8. The van der Waals surface area contributed by atoms with Crippen LogP contribution in [0.3, 0.4) is 0 Å². The van der Waals surface area contributed by atoms with E-state index >= 15 is 4.79 Å². The first-order valence-corrected chi connectivity index (χ1v) is 42.2. The standard InChI is InChI=1S/C78H90N6O15Si2/c1-47(2)72(80-78(91)97-43-61-57-19-14-12-17-55(57)56-18-13-15-20-58(56)61)66(85)34-49(4)73(86)79-54-24-21-50(22-25-54)52-35-64-76(89)83(44-93-29-31-100(6,7)8)62-39-68(48(3)33-59(62)74(87)81(64)41-52)95-27-16-28-96-71-40-63-60(38-69(71)92-5)75(88)82-42-53(51-23-26-67-70(37-51)99-46-98-67)36-65(82)77(90)84(63)45-94-30-32-101(9,10)11/h12-15,17-26,33,37-42,47,49,61,64-65,72H,16,27-32,34-36,43-46H2,1-11H3,(H,79,86)(H,80,91)/t49-,64+,65+,72+/m1/s1. The molecule has 5 heterocycles. The number of nitrogens with one attached hydrogen (secondary N) is 2. The number of fused-ring (bicyclic) bond motifs is 8. The van der Waals surface area contributed by atoms with Gasteiger partial charge in [0.2, 0.25) is 12.7 Å². The lowest BCUT2D eigenvalue weighted by Crippen LogP contribution is -2.45. The highest BCUT2D eigenvalue weighted by Crippen LogP contribution is 2.47. The fourth-order valence-electron chi connectivity index (χ4n) is 13.5. The van der Waals surface area contributed by atoms with E-state index in [0.29, 0.717) is 76.6 Å². The molecule has 0 saturated heterocycles. The van der Waals surface area contributed by atoms with Gasteiger partial charge in [-0.1, -0.05) is 127 Å². The van der Waals surface area contributed by atoms with Crippen LogP contribution < -0.4 is 44.1 Å². The van der Waals surface area contributed by atoms with E-state index in [1.54, 1.807) is 60.6 Å². The van der Waals surface area contributed by atoms with Crippen molar-refractivity contribution in [1.29, 1.82) is 0 Å². The first-order valence-electron chi connectivity index (χ1n) is 34.8. The summed E-state index contributed by atoms with van der Waals surface area (Å²) in [7, 11) is -1.52. The molecule has 12 rings (SSSR count). The second-order valence-electron chi connectivity index (χ2n) is 29.5. The number of methoxy groups -OCH3 is 1. The summed E-state index contributed by atoms with van der Waals surface area (Å²) in [5, 5.41) is 5.71. The van der Waals surface area contributed by atoms with Crippen molar-refractivity contribution in [2.75, 3.05) is 75.5 Å². The lowest BCUT2D eigenvalue weighted by atomic mass is 9.93. The average molecular weight is 1410 g/mol. The number of rotatable bonds is 28. The summed E-state index contributed by atoms with van der Waals surface area (Å²) >= 11 is 0. The molecule has 530 valence electrons. The van der Waals surface area contributed by atoms with E-state index in [4.69, 9.17) is 37.9 Å². The molecule has 1 aliphatic carbocycles. The van der Waals surface area contributed by atoms with Gasteiger partial charge in [0.1, 0.15) is 37.9 Å². The minimum absolute atomic E-state index is 0.0767. The van der Waals surface area contributed by atoms with Crippen LogP contribution in [0.5, 0.6) is 28.7 Å². The zero-order valence-electron chi connectivity index (χ0n) is 59.4. The largest absolute Gasteiger partial charge is 0.493 e. The molecule has 0 radical (unpaired) electrons. The van der Waals surface area contributed by atoms with Crippen molar-refractivity contribution in [1.82, 2.24) is 15.1 Å². The summed E-state index contributed by atoms with van der Waals surface area (Å²) in [6.45, 7) is 22.0. The molecule has 2 N–H and O–H groups in total. The van der Waals surface area contributed by atoms with E-state index in [9.17, 15) is 28.8 Å². The molecule has 0 unspecified atom stereocenters. The predicted molar refractivity (Wildman–Crippen MR) is 391 cm³/mol. The number of ether oxygens (including phenoxy) is 8. The van der Waals surface area contributed by atoms with Gasteiger partial charge in [0.25, 0.3) is 23.6 Å². The third kappa shape index (κ3) is 15.7. The van der Waals surface area contributed by atoms with Crippen LogP contribution in [-0.4, -0.2) is 146 Å². The molecule has 0 aromatic heterocycles. The average Bonchev–Trinajstić information content (AvgIpc) is 1.63. The summed E-state index contributed by atoms with van der Waals surface area (Å²) in [5.41, 5.74) is 9.91. The van der Waals surface area contributed by atoms with Crippen LogP contribution in [0.4, 0.5) is 21.9 Å². The van der Waals surface area contributed by atoms with Crippen LogP contribution in [0, 0.1) is 18.8 Å². The Labute approximate surface area is 592 Å². The van der Waals surface area contributed by atoms with Crippen molar-refractivity contribution in [2.24, 2.45) is 11.8 Å². The number of Topliss-reactive ketones (excluding diaryl/α,β-unsaturated/α-hetero) is 1. The molecule has 4 atom stereocenters. The highest BCUT2D eigenvalue weighted by atomic mass is 28.3. The Morgan fingerprint density at radius 3 is 1.71 bits per heavy atom. The maximum Gasteiger partial charge on any atom is 0.407 e. The fourth-order valence-corrected chi connectivity index (χ4v) is 15.1. The van der Waals surface area contributed by atoms with E-state index in [-0.39, 0.29) is 112 Å². The smallest absolute Gasteiger partial charge is 0.407 e. The molecule has 6 amide bonds. The van der Waals surface area contributed by atoms with Gasteiger partial charge in [-0.05, 0) is 111 Å². The van der Waals surface area contributed by atoms with Crippen LogP contribution in [-0.2, 0) is 33.4 Å². The Morgan fingerprint density at radius 2 is 1.14 bits per heavy atom. The number of ketones is 1. The minimum atomic E-state index is -1.53. The third-order valence-electron chi connectivity index (χ3n) is 19.4. The van der Waals surface area contributed by atoms with Crippen LogP contribution in [0.1, 0.15) is 101 Å². The van der Waals surface area contributed by atoms with Crippen LogP contribution >= 0.6 is 0 Å². The van der Waals surface area contributed by atoms with Crippen molar-refractivity contribution < 1.29 is 71.5 Å². The Hall–Kier alpha value is -9.56. The van der Waals surface area contributed by atoms with E-state index in [2.05, 4.69) is 62.0 Å². The fraction of sp³-hybridized carbons (Fsp3) is 0.397. The number of carbonyl (C=O) groups excluding carboxylic acids is 7. The summed E-state index contributed by atoms with van der Waals surface area (Å²) < 4.78 is 48.1. The van der Waals surface area contributed by atoms with Gasteiger partial charge in [-0.3, -0.25) is 38.6 Å². The van der Waals surface area contributed by atoms with Gasteiger partial charge in [0, 0.05) is 97.1 Å². The SMILES string of the molecule is COc1cc2c(cc1OCCCOc1cc3c(cc1C)C(=O)N1C=C(c4ccc(NC(=O)[C@H](C)CC(=O)[C@@H](NC(=O)OCC5c6ccccc6-c6ccccc65)C(C)C)cc4)C[C@H]1C(=O)N3COCC[Si](C)(C)C)N(COCC[Si](C)(C)C)C(=O)[C@@H]1CC(c3ccc4c(c3)OCO4)=CN1C2=O. The number of alkyl carbamates (subject to hydrolysis) is 1. The molecule has 101 heavy (non-hydrogen) atoms. The molecule has 0 saturated carbocycles. The molecule has 0 spiro atoms. The number of nitrogens with zero attached hydrogens (tertiary/aromatic N) is 4. The maximum atomic E-state index is 15.0. The van der Waals surface area contributed by atoms with E-state index < -0.39 is 46.3 Å². The van der Waals surface area contributed by atoms with Crippen molar-refractivity contribution in [3.05, 3.63) is 167 Å². The topological polar surface area (TPSA) is 230 Å². The number of aryl methyl sites for hydroxylation is 1. The van der Waals surface area contributed by atoms with Gasteiger partial charge in [0.05, 0.1) is 48.9 Å².